The smallest absolute Gasteiger partial charge is 0.433 e. The molecule has 0 spiro atoms. The Kier molecular flexibility index (Phi) is 29.7. The third-order valence-electron chi connectivity index (χ3n) is 19.7. The van der Waals surface area contributed by atoms with Crippen LogP contribution < -0.4 is 0 Å². The van der Waals surface area contributed by atoms with Crippen LogP contribution in [-0.2, 0) is 6.18 Å². The highest BCUT2D eigenvalue weighted by atomic mass is 35.5. The molecular weight excluding hydrogens is 1870 g/mol. The van der Waals surface area contributed by atoms with Crippen molar-refractivity contribution in [2.45, 2.75) is 55.1 Å². The fourth-order valence-electron chi connectivity index (χ4n) is 12.8. The van der Waals surface area contributed by atoms with Gasteiger partial charge in [0.1, 0.15) is 75.8 Å². The molecule has 684 valence electrons. The Bertz CT molecular complexity index is 8010. The van der Waals surface area contributed by atoms with Gasteiger partial charge in [0, 0.05) is 99.1 Å². The van der Waals surface area contributed by atoms with Crippen LogP contribution in [0.1, 0.15) is 121 Å². The number of ketones is 5. The van der Waals surface area contributed by atoms with Gasteiger partial charge in [-0.2, -0.15) is 13.2 Å². The number of benzene rings is 7. The van der Waals surface area contributed by atoms with Gasteiger partial charge < -0.3 is 41.1 Å². The molecule has 0 saturated heterocycles. The summed E-state index contributed by atoms with van der Waals surface area (Å²) < 4.78 is 76.7. The maximum Gasteiger partial charge on any atom is 0.433 e. The summed E-state index contributed by atoms with van der Waals surface area (Å²) in [4.78, 5) is 125. The van der Waals surface area contributed by atoms with Crippen molar-refractivity contribution in [3.63, 3.8) is 0 Å². The number of aryl methyl sites for hydroxylation is 1. The topological polar surface area (TPSA) is 415 Å². The molecule has 37 heteroatoms. The molecule has 0 aliphatic heterocycles. The molecule has 0 aliphatic rings. The van der Waals surface area contributed by atoms with Crippen molar-refractivity contribution in [2.75, 3.05) is 0 Å². The Labute approximate surface area is 797 Å². The van der Waals surface area contributed by atoms with Crippen molar-refractivity contribution >= 4 is 176 Å². The van der Waals surface area contributed by atoms with E-state index in [1.807, 2.05) is 19.1 Å². The van der Waals surface area contributed by atoms with Crippen molar-refractivity contribution < 1.29 is 83.1 Å². The van der Waals surface area contributed by atoms with E-state index < -0.39 is 17.8 Å². The number of halogens is 8. The summed E-state index contributed by atoms with van der Waals surface area (Å²) in [7, 11) is 0. The number of pyridine rings is 7. The molecule has 0 atom stereocenters. The average Bonchev–Trinajstić information content (AvgIpc) is 1.65. The van der Waals surface area contributed by atoms with Crippen LogP contribution in [0.3, 0.4) is 0 Å². The Morgan fingerprint density at radius 3 is 1.09 bits per heavy atom. The Morgan fingerprint density at radius 1 is 0.314 bits per heavy atom. The second-order valence-corrected chi connectivity index (χ2v) is 31.2. The summed E-state index contributed by atoms with van der Waals surface area (Å²) in [6.45, 7) is 12.9. The van der Waals surface area contributed by atoms with E-state index >= 15 is 0 Å². The molecule has 0 amide bonds. The number of carbonyl (C=O) groups excluding carboxylic acids is 5. The van der Waals surface area contributed by atoms with E-state index in [9.17, 15) is 47.0 Å². The van der Waals surface area contributed by atoms with Gasteiger partial charge in [-0.3, -0.25) is 38.9 Å². The van der Waals surface area contributed by atoms with Crippen LogP contribution in [0.5, 0.6) is 0 Å². The standard InChI is InChI=1S/C15H9F3N2O2.C15H12N2O2.C14H8Cl2N2O2.3C14H9ClN2O2.C13H8N2O3.CH4/c1-8(21)9-2-4-11-12(6-9)22-14(20-11)10-3-5-13(19-7-10)15(16,17)18;1-9-12(4-3-7-16-9)15-17-13-8-11(10(2)18)5-6-14(13)19-15;1-7(19)8-2-3-11-10(4-8)17-14(20-11)9-5-12(15)18-13(16)6-9;1-8(18)9-2-4-12-11(6-9)17-14(19-12)10-3-5-13(15)16-7-10;1-8(18)9-2-3-12-11(6-9)17-14(19-12)10-4-5-16-13(15)7-10;1-8(18)9-4-5-12-11(7-9)17-14(19-12)10-3-2-6-16-13(10)15;16-13(17)9-1-2-11-10(7-9)15-12(18-11)8-3-5-14-6-4-8;/h2-7,21H,1H2;3-8H,1-2H3;2-6H,1H3;3*2-7H,1H3;1-7H,(H,16,17);1H4. The van der Waals surface area contributed by atoms with Gasteiger partial charge >= 0.3 is 12.1 Å². The Morgan fingerprint density at radius 2 is 0.679 bits per heavy atom. The van der Waals surface area contributed by atoms with Crippen LogP contribution in [0.15, 0.2) is 293 Å². The molecule has 29 nitrogen and oxygen atoms in total. The number of hydrogen-bond donors (Lipinski definition) is 2. The van der Waals surface area contributed by atoms with E-state index in [4.69, 9.17) is 94.0 Å². The van der Waals surface area contributed by atoms with E-state index in [1.165, 1.54) is 52.8 Å². The maximum atomic E-state index is 12.5. The molecule has 0 radical (unpaired) electrons. The molecule has 0 bridgehead atoms. The number of carbonyl (C=O) groups is 6. The van der Waals surface area contributed by atoms with Crippen LogP contribution >= 0.6 is 58.0 Å². The summed E-state index contributed by atoms with van der Waals surface area (Å²) in [6, 6.07) is 58.4. The summed E-state index contributed by atoms with van der Waals surface area (Å²) in [5.41, 5.74) is 16.7. The van der Waals surface area contributed by atoms with Gasteiger partial charge in [0.15, 0.2) is 68.0 Å². The molecule has 14 aromatic heterocycles. The van der Waals surface area contributed by atoms with Gasteiger partial charge in [-0.05, 0) is 254 Å². The lowest BCUT2D eigenvalue weighted by atomic mass is 10.1. The number of aliphatic hydroxyl groups is 1. The highest BCUT2D eigenvalue weighted by Gasteiger charge is 2.32. The second-order valence-electron chi connectivity index (χ2n) is 29.3. The number of hydrogen-bond acceptors (Lipinski definition) is 28. The van der Waals surface area contributed by atoms with Crippen LogP contribution in [0.25, 0.3) is 164 Å². The molecule has 7 aromatic carbocycles. The minimum atomic E-state index is -4.49. The zero-order chi connectivity index (χ0) is 96.3. The van der Waals surface area contributed by atoms with Gasteiger partial charge in [-0.25, -0.2) is 59.6 Å². The minimum Gasteiger partial charge on any atom is -0.508 e. The second kappa shape index (κ2) is 42.1. The molecule has 0 unspecified atom stereocenters. The van der Waals surface area contributed by atoms with Gasteiger partial charge in [0.2, 0.25) is 41.2 Å². The van der Waals surface area contributed by atoms with Gasteiger partial charge in [0.25, 0.3) is 0 Å². The quantitative estimate of drug-likeness (QED) is 0.0580. The lowest BCUT2D eigenvalue weighted by Gasteiger charge is -2.04. The molecule has 2 N–H and O–H groups in total. The number of aromatic nitrogens is 14. The largest absolute Gasteiger partial charge is 0.508 e. The van der Waals surface area contributed by atoms with Gasteiger partial charge in [-0.15, -0.1) is 0 Å². The zero-order valence-corrected chi connectivity index (χ0v) is 75.2. The molecule has 0 saturated carbocycles. The molecule has 0 aliphatic carbocycles. The number of Topliss-reactive ketones (excluding diaryl/α,β-unsaturated/α-hetero) is 5. The molecule has 0 fully saturated rings. The number of nitrogens with zero attached hydrogens (tertiary/aromatic N) is 14. The molecule has 21 rings (SSSR count). The van der Waals surface area contributed by atoms with Crippen molar-refractivity contribution in [3.05, 3.63) is 338 Å². The van der Waals surface area contributed by atoms with Crippen LogP contribution in [0, 0.1) is 6.92 Å². The first-order valence-corrected chi connectivity index (χ1v) is 42.1. The third kappa shape index (κ3) is 23.6. The van der Waals surface area contributed by atoms with E-state index in [0.29, 0.717) is 179 Å². The van der Waals surface area contributed by atoms with Crippen molar-refractivity contribution in [3.8, 4) is 80.2 Å². The van der Waals surface area contributed by atoms with Crippen molar-refractivity contribution in [1.82, 2.24) is 69.8 Å². The summed E-state index contributed by atoms with van der Waals surface area (Å²) in [5, 5.41) is 19.9. The number of aliphatic hydroxyl groups excluding tert-OH is 1. The summed E-state index contributed by atoms with van der Waals surface area (Å²) >= 11 is 29.3. The average molecular weight is 1940 g/mol. The molecule has 14 heterocycles. The number of alkyl halides is 3. The predicted octanol–water partition coefficient (Wildman–Crippen LogP) is 26.7. The van der Waals surface area contributed by atoms with E-state index in [2.05, 4.69) is 76.4 Å². The fraction of sp³-hybridized carbons (Fsp3) is 0.0800. The highest BCUT2D eigenvalue weighted by Crippen LogP contribution is 2.36. The number of rotatable bonds is 14. The maximum absolute atomic E-state index is 12.5. The number of aromatic carboxylic acids is 1. The van der Waals surface area contributed by atoms with E-state index in [1.54, 1.807) is 213 Å². The number of carboxylic acids is 1. The SMILES string of the molecule is C.C=C(O)c1ccc2nc(-c3ccc(C(F)(F)F)nc3)oc2c1.CC(=O)c1ccc2oc(-c3cc(Cl)nc(Cl)c3)nc2c1.CC(=O)c1ccc2oc(-c3ccc(Cl)nc3)nc2c1.CC(=O)c1ccc2oc(-c3cccnc3C)nc2c1.CC(=O)c1ccc2oc(-c3cccnc3Cl)nc2c1.CC(=O)c1ccc2oc(-c3ccnc(Cl)c3)nc2c1.O=C(O)c1ccc2oc(-c3ccncc3)nc2c1. The zero-order valence-electron chi connectivity index (χ0n) is 71.4. The third-order valence-corrected chi connectivity index (χ3v) is 20.9. The van der Waals surface area contributed by atoms with Crippen molar-refractivity contribution in [1.29, 1.82) is 0 Å². The van der Waals surface area contributed by atoms with E-state index in [0.717, 1.165) is 40.2 Å². The van der Waals surface area contributed by atoms with Crippen LogP contribution in [-0.4, -0.2) is 115 Å². The molecule has 137 heavy (non-hydrogen) atoms. The predicted molar refractivity (Wildman–Crippen MR) is 511 cm³/mol. The number of oxazole rings is 7. The first-order valence-electron chi connectivity index (χ1n) is 40.2. The summed E-state index contributed by atoms with van der Waals surface area (Å²) in [5.74, 6) is 1.72. The molecular formula is C100H68Cl5F3N14O15. The lowest BCUT2D eigenvalue weighted by molar-refractivity contribution is -0.141. The van der Waals surface area contributed by atoms with E-state index in [-0.39, 0.29) is 63.9 Å². The van der Waals surface area contributed by atoms with Gasteiger partial charge in [-0.1, -0.05) is 72.0 Å². The first kappa shape index (κ1) is 96.5. The monoisotopic (exact) mass is 1940 g/mol. The summed E-state index contributed by atoms with van der Waals surface area (Å²) in [6.07, 6.45) is 6.37. The number of fused-ring (bicyclic) bond motifs is 7. The Hall–Kier alpha value is -16.5. The van der Waals surface area contributed by atoms with Crippen molar-refractivity contribution in [2.24, 2.45) is 0 Å². The van der Waals surface area contributed by atoms with Crippen LogP contribution in [0.2, 0.25) is 25.8 Å². The molecule has 21 aromatic rings. The Balaban J connectivity index is 0.000000128. The fourth-order valence-corrected chi connectivity index (χ4v) is 13.8. The minimum absolute atomic E-state index is 0. The number of carboxylic acid groups (broad SMARTS) is 1. The highest BCUT2D eigenvalue weighted by molar-refractivity contribution is 6.33. The van der Waals surface area contributed by atoms with Crippen LogP contribution in [0.4, 0.5) is 13.2 Å². The normalized spacial score (nSPS) is 10.9. The lowest BCUT2D eigenvalue weighted by Crippen LogP contribution is -2.07. The van der Waals surface area contributed by atoms with Gasteiger partial charge in [0.05, 0.1) is 27.8 Å². The first-order chi connectivity index (χ1) is 65.2.